The zero-order valence-electron chi connectivity index (χ0n) is 27.3. The van der Waals surface area contributed by atoms with Gasteiger partial charge in [-0.25, -0.2) is 0 Å². The molecule has 1 atom stereocenters. The molecule has 5 nitrogen and oxygen atoms in total. The van der Waals surface area contributed by atoms with Crippen molar-refractivity contribution in [3.63, 3.8) is 0 Å². The second-order valence-corrected chi connectivity index (χ2v) is 12.6. The summed E-state index contributed by atoms with van der Waals surface area (Å²) in [4.78, 5) is 2.37. The molecule has 49 heavy (non-hydrogen) atoms. The summed E-state index contributed by atoms with van der Waals surface area (Å²) in [5.74, 6) is 3.11. The number of methoxy groups -OCH3 is 1. The Bertz CT molecular complexity index is 2340. The van der Waals surface area contributed by atoms with Gasteiger partial charge >= 0.3 is 0 Å². The molecule has 0 amide bonds. The van der Waals surface area contributed by atoms with Gasteiger partial charge < -0.3 is 23.8 Å². The van der Waals surface area contributed by atoms with Crippen LogP contribution < -0.4 is 19.1 Å². The number of benzene rings is 7. The summed E-state index contributed by atoms with van der Waals surface area (Å²) >= 11 is 0. The van der Waals surface area contributed by atoms with Crippen molar-refractivity contribution in [1.82, 2.24) is 0 Å². The summed E-state index contributed by atoms with van der Waals surface area (Å²) in [7, 11) is 1.69. The van der Waals surface area contributed by atoms with Crippen LogP contribution in [-0.4, -0.2) is 33.4 Å². The van der Waals surface area contributed by atoms with Crippen molar-refractivity contribution in [3.05, 3.63) is 156 Å². The van der Waals surface area contributed by atoms with Crippen molar-refractivity contribution >= 4 is 44.1 Å². The van der Waals surface area contributed by atoms with Gasteiger partial charge in [0, 0.05) is 35.3 Å². The number of nitrogens with zero attached hydrogens (tertiary/aromatic N) is 1. The number of rotatable bonds is 6. The molecule has 0 saturated carbocycles. The van der Waals surface area contributed by atoms with Crippen molar-refractivity contribution in [2.75, 3.05) is 38.3 Å². The Balaban J connectivity index is 1.31. The number of hydrogen-bond donors (Lipinski definition) is 0. The zero-order valence-corrected chi connectivity index (χ0v) is 27.3. The molecule has 9 rings (SSSR count). The molecule has 1 fully saturated rings. The molecule has 1 unspecified atom stereocenters. The van der Waals surface area contributed by atoms with E-state index in [9.17, 15) is 0 Å². The van der Waals surface area contributed by atoms with Crippen LogP contribution in [0.3, 0.4) is 0 Å². The summed E-state index contributed by atoms with van der Waals surface area (Å²) in [6.45, 7) is 3.24. The molecule has 2 heterocycles. The molecule has 0 N–H and O–H groups in total. The first kappa shape index (κ1) is 29.4. The lowest BCUT2D eigenvalue weighted by Gasteiger charge is -2.38. The van der Waals surface area contributed by atoms with E-state index in [2.05, 4.69) is 108 Å². The predicted octanol–water partition coefficient (Wildman–Crippen LogP) is 10.1. The minimum atomic E-state index is -0.923. The monoisotopic (exact) mass is 641 g/mol. The molecule has 240 valence electrons. The van der Waals surface area contributed by atoms with E-state index in [1.165, 1.54) is 16.5 Å². The van der Waals surface area contributed by atoms with E-state index >= 15 is 0 Å². The average molecular weight is 642 g/mol. The van der Waals surface area contributed by atoms with Crippen LogP contribution in [-0.2, 0) is 10.3 Å². The number of anilines is 1. The Labute approximate surface area is 285 Å². The summed E-state index contributed by atoms with van der Waals surface area (Å²) < 4.78 is 25.4. The second kappa shape index (κ2) is 12.0. The highest BCUT2D eigenvalue weighted by atomic mass is 16.5. The summed E-state index contributed by atoms with van der Waals surface area (Å²) in [5.41, 5.74) is 3.20. The molecule has 2 aliphatic rings. The Kier molecular flexibility index (Phi) is 7.21. The largest absolute Gasteiger partial charge is 0.497 e. The minimum absolute atomic E-state index is 0.739. The van der Waals surface area contributed by atoms with Crippen LogP contribution in [0.2, 0.25) is 0 Å². The fraction of sp³-hybridized carbons (Fsp3) is 0.136. The maximum atomic E-state index is 7.56. The van der Waals surface area contributed by atoms with Gasteiger partial charge in [0.15, 0.2) is 5.60 Å². The summed E-state index contributed by atoms with van der Waals surface area (Å²) in [6.07, 6.45) is 4.36. The molecule has 0 radical (unpaired) electrons. The number of morpholine rings is 1. The van der Waals surface area contributed by atoms with Crippen LogP contribution in [0, 0.1) is 0 Å². The van der Waals surface area contributed by atoms with Crippen LogP contribution in [0.4, 0.5) is 5.69 Å². The molecule has 0 aliphatic carbocycles. The highest BCUT2D eigenvalue weighted by Crippen LogP contribution is 2.52. The van der Waals surface area contributed by atoms with Gasteiger partial charge in [-0.3, -0.25) is 0 Å². The molecular weight excluding hydrogens is 606 g/mol. The number of hydrogen-bond acceptors (Lipinski definition) is 5. The third kappa shape index (κ3) is 4.97. The third-order valence-electron chi connectivity index (χ3n) is 9.90. The van der Waals surface area contributed by atoms with Crippen molar-refractivity contribution in [2.24, 2.45) is 0 Å². The van der Waals surface area contributed by atoms with Crippen LogP contribution in [0.15, 0.2) is 140 Å². The number of ether oxygens (including phenoxy) is 4. The van der Waals surface area contributed by atoms with Crippen LogP contribution >= 0.6 is 0 Å². The highest BCUT2D eigenvalue weighted by Gasteiger charge is 2.39. The predicted molar refractivity (Wildman–Crippen MR) is 198 cm³/mol. The topological polar surface area (TPSA) is 40.2 Å². The van der Waals surface area contributed by atoms with E-state index in [1.54, 1.807) is 7.11 Å². The Morgan fingerprint density at radius 2 is 1.20 bits per heavy atom. The van der Waals surface area contributed by atoms with Crippen LogP contribution in [0.1, 0.15) is 16.7 Å². The van der Waals surface area contributed by atoms with Gasteiger partial charge in [0.1, 0.15) is 23.0 Å². The van der Waals surface area contributed by atoms with Crippen molar-refractivity contribution in [3.8, 4) is 23.0 Å². The fourth-order valence-corrected chi connectivity index (χ4v) is 7.44. The molecule has 0 aromatic heterocycles. The highest BCUT2D eigenvalue weighted by molar-refractivity contribution is 6.27. The first-order valence-electron chi connectivity index (χ1n) is 16.8. The smallest absolute Gasteiger partial charge is 0.178 e. The molecule has 7 aromatic carbocycles. The summed E-state index contributed by atoms with van der Waals surface area (Å²) in [5, 5.41) is 6.83. The van der Waals surface area contributed by atoms with Crippen molar-refractivity contribution < 1.29 is 18.9 Å². The van der Waals surface area contributed by atoms with E-state index in [0.717, 1.165) is 87.5 Å². The van der Waals surface area contributed by atoms with Crippen molar-refractivity contribution in [1.29, 1.82) is 0 Å². The average Bonchev–Trinajstić information content (AvgIpc) is 3.18. The van der Waals surface area contributed by atoms with Crippen molar-refractivity contribution in [2.45, 2.75) is 5.60 Å². The van der Waals surface area contributed by atoms with Gasteiger partial charge in [-0.2, -0.15) is 0 Å². The lowest BCUT2D eigenvalue weighted by atomic mass is 9.82. The molecule has 0 spiro atoms. The van der Waals surface area contributed by atoms with E-state index in [4.69, 9.17) is 18.9 Å². The Hall–Kier alpha value is -5.78. The standard InChI is InChI=1S/C44H35NO4/c1-46-33-21-17-31(18-22-33)44(30-15-19-32(20-16-30)45-25-27-47-28-26-45)24-23-39-41(48-34-9-3-2-4-10-34)29-40-37-13-6-5-11-35(37)36-12-7-8-14-38(36)42(40)43(39)49-44/h2-24,29H,25-28H2,1H3. The van der Waals surface area contributed by atoms with Gasteiger partial charge in [-0.1, -0.05) is 91.0 Å². The van der Waals surface area contributed by atoms with E-state index in [0.29, 0.717) is 0 Å². The van der Waals surface area contributed by atoms with Crippen LogP contribution in [0.5, 0.6) is 23.0 Å². The molecule has 5 heteroatoms. The fourth-order valence-electron chi connectivity index (χ4n) is 7.44. The second-order valence-electron chi connectivity index (χ2n) is 12.6. The van der Waals surface area contributed by atoms with E-state index in [-0.39, 0.29) is 0 Å². The lowest BCUT2D eigenvalue weighted by Crippen LogP contribution is -2.36. The van der Waals surface area contributed by atoms with Gasteiger partial charge in [0.25, 0.3) is 0 Å². The third-order valence-corrected chi connectivity index (χ3v) is 9.90. The SMILES string of the molecule is COc1ccc(C2(c3ccc(N4CCOCC4)cc3)C=Cc3c(Oc4ccccc4)cc4c5ccccc5c5ccccc5c4c3O2)cc1. The van der Waals surface area contributed by atoms with Gasteiger partial charge in [0.05, 0.1) is 25.9 Å². The Morgan fingerprint density at radius 1 is 0.612 bits per heavy atom. The lowest BCUT2D eigenvalue weighted by molar-refractivity contribution is 0.122. The minimum Gasteiger partial charge on any atom is -0.497 e. The van der Waals surface area contributed by atoms with Gasteiger partial charge in [-0.15, -0.1) is 0 Å². The molecular formula is C44H35NO4. The molecule has 0 bridgehead atoms. The first-order valence-corrected chi connectivity index (χ1v) is 16.8. The normalized spacial score (nSPS) is 17.2. The van der Waals surface area contributed by atoms with Gasteiger partial charge in [-0.05, 0) is 81.5 Å². The number of para-hydroxylation sites is 1. The molecule has 7 aromatic rings. The maximum Gasteiger partial charge on any atom is 0.178 e. The zero-order chi connectivity index (χ0) is 32.8. The number of fused-ring (bicyclic) bond motifs is 8. The van der Waals surface area contributed by atoms with E-state index < -0.39 is 5.60 Å². The maximum absolute atomic E-state index is 7.56. The first-order chi connectivity index (χ1) is 24.2. The van der Waals surface area contributed by atoms with E-state index in [1.807, 2.05) is 42.5 Å². The van der Waals surface area contributed by atoms with Crippen LogP contribution in [0.25, 0.3) is 38.4 Å². The van der Waals surface area contributed by atoms with Gasteiger partial charge in [0.2, 0.25) is 0 Å². The quantitative estimate of drug-likeness (QED) is 0.169. The molecule has 1 saturated heterocycles. The molecule has 2 aliphatic heterocycles. The Morgan fingerprint density at radius 3 is 1.88 bits per heavy atom. The summed E-state index contributed by atoms with van der Waals surface area (Å²) in [6, 6.07) is 46.4.